The van der Waals surface area contributed by atoms with Crippen LogP contribution in [0.5, 0.6) is 0 Å². The Bertz CT molecular complexity index is 962. The van der Waals surface area contributed by atoms with E-state index in [4.69, 9.17) is 5.11 Å². The number of aromatic nitrogens is 2. The molecule has 25 heavy (non-hydrogen) atoms. The molecular formula is C20H17N3OS. The van der Waals surface area contributed by atoms with Crippen molar-refractivity contribution in [3.63, 3.8) is 0 Å². The van der Waals surface area contributed by atoms with Crippen LogP contribution < -0.4 is 5.32 Å². The van der Waals surface area contributed by atoms with E-state index in [2.05, 4.69) is 39.6 Å². The fraction of sp³-hybridized carbons (Fsp3) is 0.100. The molecule has 4 rings (SSSR count). The summed E-state index contributed by atoms with van der Waals surface area (Å²) >= 11 is 1.73. The first-order valence-electron chi connectivity index (χ1n) is 8.10. The third-order valence-corrected chi connectivity index (χ3v) is 5.11. The average molecular weight is 347 g/mol. The molecule has 0 saturated heterocycles. The maximum atomic E-state index is 8.98. The molecule has 0 bridgehead atoms. The van der Waals surface area contributed by atoms with Crippen LogP contribution in [0.25, 0.3) is 20.7 Å². The van der Waals surface area contributed by atoms with Crippen molar-refractivity contribution in [1.82, 2.24) is 9.97 Å². The lowest BCUT2D eigenvalue weighted by atomic mass is 10.1. The van der Waals surface area contributed by atoms with Gasteiger partial charge in [-0.2, -0.15) is 0 Å². The minimum atomic E-state index is 0.164. The second-order valence-corrected chi connectivity index (χ2v) is 6.82. The smallest absolute Gasteiger partial charge is 0.134 e. The van der Waals surface area contributed by atoms with Crippen LogP contribution >= 0.6 is 11.3 Å². The highest BCUT2D eigenvalue weighted by Gasteiger charge is 2.07. The first-order chi connectivity index (χ1) is 12.3. The Balaban J connectivity index is 1.58. The maximum Gasteiger partial charge on any atom is 0.134 e. The number of fused-ring (bicyclic) bond motifs is 1. The van der Waals surface area contributed by atoms with E-state index in [1.807, 2.05) is 36.4 Å². The van der Waals surface area contributed by atoms with Crippen LogP contribution in [0.3, 0.4) is 0 Å². The Morgan fingerprint density at radius 2 is 1.80 bits per heavy atom. The van der Waals surface area contributed by atoms with Gasteiger partial charge < -0.3 is 10.4 Å². The molecule has 0 aliphatic heterocycles. The molecule has 2 N–H and O–H groups in total. The third kappa shape index (κ3) is 3.52. The van der Waals surface area contributed by atoms with Crippen LogP contribution in [-0.4, -0.2) is 21.7 Å². The summed E-state index contributed by atoms with van der Waals surface area (Å²) in [5, 5.41) is 13.5. The quantitative estimate of drug-likeness (QED) is 0.552. The second kappa shape index (κ2) is 7.01. The summed E-state index contributed by atoms with van der Waals surface area (Å²) in [5.74, 6) is 0.761. The van der Waals surface area contributed by atoms with E-state index >= 15 is 0 Å². The molecule has 0 amide bonds. The van der Waals surface area contributed by atoms with Crippen LogP contribution in [0.15, 0.2) is 67.0 Å². The van der Waals surface area contributed by atoms with E-state index < -0.39 is 0 Å². The second-order valence-electron chi connectivity index (χ2n) is 5.73. The first-order valence-corrected chi connectivity index (χ1v) is 8.91. The van der Waals surface area contributed by atoms with Gasteiger partial charge in [0.15, 0.2) is 0 Å². The van der Waals surface area contributed by atoms with E-state index in [0.717, 1.165) is 27.6 Å². The summed E-state index contributed by atoms with van der Waals surface area (Å²) in [6.07, 6.45) is 2.26. The molecule has 2 heterocycles. The standard InChI is InChI=1S/C20H17N3OS/c24-10-9-14-5-7-16(8-6-14)23-20-12-17(21-13-22-20)19-11-15-3-1-2-4-18(15)25-19/h1-8,11-13,24H,9-10H2,(H,21,22,23). The number of aliphatic hydroxyl groups is 1. The molecule has 0 spiro atoms. The van der Waals surface area contributed by atoms with Crippen LogP contribution in [0, 0.1) is 0 Å². The van der Waals surface area contributed by atoms with Gasteiger partial charge in [-0.1, -0.05) is 30.3 Å². The summed E-state index contributed by atoms with van der Waals surface area (Å²) in [4.78, 5) is 9.86. The normalized spacial score (nSPS) is 10.9. The Labute approximate surface area is 149 Å². The number of benzene rings is 2. The van der Waals surface area contributed by atoms with Crippen LogP contribution in [0.4, 0.5) is 11.5 Å². The molecule has 0 radical (unpaired) electrons. The number of thiophene rings is 1. The van der Waals surface area contributed by atoms with Crippen LogP contribution in [0.1, 0.15) is 5.56 Å². The maximum absolute atomic E-state index is 8.98. The summed E-state index contributed by atoms with van der Waals surface area (Å²) in [5.41, 5.74) is 2.99. The van der Waals surface area contributed by atoms with Gasteiger partial charge in [0, 0.05) is 23.1 Å². The zero-order valence-electron chi connectivity index (χ0n) is 13.5. The molecular weight excluding hydrogens is 330 g/mol. The molecule has 0 aliphatic carbocycles. The summed E-state index contributed by atoms with van der Waals surface area (Å²) < 4.78 is 1.25. The molecule has 0 unspecified atom stereocenters. The van der Waals surface area contributed by atoms with E-state index in [1.54, 1.807) is 17.7 Å². The zero-order valence-corrected chi connectivity index (χ0v) is 14.3. The Hall–Kier alpha value is -2.76. The van der Waals surface area contributed by atoms with Crippen molar-refractivity contribution >= 4 is 32.9 Å². The van der Waals surface area contributed by atoms with Crippen LogP contribution in [0.2, 0.25) is 0 Å². The van der Waals surface area contributed by atoms with Crippen molar-refractivity contribution in [2.45, 2.75) is 6.42 Å². The molecule has 0 fully saturated rings. The van der Waals surface area contributed by atoms with Crippen molar-refractivity contribution in [3.8, 4) is 10.6 Å². The predicted molar refractivity (Wildman–Crippen MR) is 103 cm³/mol. The fourth-order valence-electron chi connectivity index (χ4n) is 2.70. The molecule has 5 heteroatoms. The van der Waals surface area contributed by atoms with Gasteiger partial charge in [0.25, 0.3) is 0 Å². The van der Waals surface area contributed by atoms with Gasteiger partial charge in [-0.15, -0.1) is 11.3 Å². The number of rotatable bonds is 5. The Kier molecular flexibility index (Phi) is 4.41. The van der Waals surface area contributed by atoms with Crippen molar-refractivity contribution in [1.29, 1.82) is 0 Å². The Morgan fingerprint density at radius 3 is 2.60 bits per heavy atom. The zero-order chi connectivity index (χ0) is 17.1. The molecule has 4 nitrogen and oxygen atoms in total. The number of nitrogens with zero attached hydrogens (tertiary/aromatic N) is 2. The van der Waals surface area contributed by atoms with E-state index in [0.29, 0.717) is 6.42 Å². The van der Waals surface area contributed by atoms with E-state index in [-0.39, 0.29) is 6.61 Å². The molecule has 0 atom stereocenters. The van der Waals surface area contributed by atoms with Gasteiger partial charge in [-0.25, -0.2) is 9.97 Å². The Morgan fingerprint density at radius 1 is 0.960 bits per heavy atom. The molecule has 0 aliphatic rings. The van der Waals surface area contributed by atoms with E-state index in [9.17, 15) is 0 Å². The molecule has 4 aromatic rings. The number of anilines is 2. The first kappa shape index (κ1) is 15.7. The summed E-state index contributed by atoms with van der Waals surface area (Å²) in [6, 6.07) is 20.5. The number of nitrogens with one attached hydrogen (secondary N) is 1. The highest BCUT2D eigenvalue weighted by Crippen LogP contribution is 2.33. The lowest BCUT2D eigenvalue weighted by Gasteiger charge is -2.07. The minimum Gasteiger partial charge on any atom is -0.396 e. The van der Waals surface area contributed by atoms with Crippen molar-refractivity contribution in [3.05, 3.63) is 72.6 Å². The topological polar surface area (TPSA) is 58.0 Å². The number of aliphatic hydroxyl groups excluding tert-OH is 1. The molecule has 2 aromatic carbocycles. The van der Waals surface area contributed by atoms with Gasteiger partial charge in [0.1, 0.15) is 12.1 Å². The summed E-state index contributed by atoms with van der Waals surface area (Å²) in [7, 11) is 0. The van der Waals surface area contributed by atoms with Crippen LogP contribution in [-0.2, 0) is 6.42 Å². The van der Waals surface area contributed by atoms with Gasteiger partial charge in [0.2, 0.25) is 0 Å². The van der Waals surface area contributed by atoms with Gasteiger partial charge >= 0.3 is 0 Å². The predicted octanol–water partition coefficient (Wildman–Crippen LogP) is 4.64. The van der Waals surface area contributed by atoms with Gasteiger partial charge in [-0.05, 0) is 41.6 Å². The lowest BCUT2D eigenvalue weighted by Crippen LogP contribution is -1.96. The van der Waals surface area contributed by atoms with Crippen molar-refractivity contribution < 1.29 is 5.11 Å². The van der Waals surface area contributed by atoms with Gasteiger partial charge in [-0.3, -0.25) is 0 Å². The van der Waals surface area contributed by atoms with Crippen molar-refractivity contribution in [2.75, 3.05) is 11.9 Å². The highest BCUT2D eigenvalue weighted by molar-refractivity contribution is 7.22. The molecule has 0 saturated carbocycles. The molecule has 2 aromatic heterocycles. The van der Waals surface area contributed by atoms with E-state index in [1.165, 1.54) is 10.1 Å². The monoisotopic (exact) mass is 347 g/mol. The minimum absolute atomic E-state index is 0.164. The lowest BCUT2D eigenvalue weighted by molar-refractivity contribution is 0.299. The van der Waals surface area contributed by atoms with Crippen molar-refractivity contribution in [2.24, 2.45) is 0 Å². The highest BCUT2D eigenvalue weighted by atomic mass is 32.1. The number of hydrogen-bond acceptors (Lipinski definition) is 5. The molecule has 124 valence electrons. The fourth-order valence-corrected chi connectivity index (χ4v) is 3.73. The summed E-state index contributed by atoms with van der Waals surface area (Å²) in [6.45, 7) is 0.164. The number of hydrogen-bond donors (Lipinski definition) is 2. The largest absolute Gasteiger partial charge is 0.396 e. The average Bonchev–Trinajstić information content (AvgIpc) is 3.08. The SMILES string of the molecule is OCCc1ccc(Nc2cc(-c3cc4ccccc4s3)ncn2)cc1. The third-order valence-electron chi connectivity index (χ3n) is 3.97. The van der Waals surface area contributed by atoms with Gasteiger partial charge in [0.05, 0.1) is 10.6 Å².